The van der Waals surface area contributed by atoms with E-state index in [-0.39, 0.29) is 11.5 Å². The Bertz CT molecular complexity index is 363. The first-order chi connectivity index (χ1) is 7.25. The minimum atomic E-state index is 0.0920. The third-order valence-electron chi connectivity index (χ3n) is 2.90. The van der Waals surface area contributed by atoms with Gasteiger partial charge in [0.15, 0.2) is 0 Å². The Morgan fingerprint density at radius 3 is 2.19 bits per heavy atom. The number of benzene rings is 1. The first kappa shape index (κ1) is 13.0. The molecular formula is C14H23NO. The minimum Gasteiger partial charge on any atom is -0.507 e. The molecule has 0 aromatic heterocycles. The highest BCUT2D eigenvalue weighted by Gasteiger charge is 2.30. The molecule has 2 heteroatoms. The van der Waals surface area contributed by atoms with E-state index in [0.717, 1.165) is 11.1 Å². The number of aryl methyl sites for hydroxylation is 1. The molecule has 0 aliphatic heterocycles. The highest BCUT2D eigenvalue weighted by Crippen LogP contribution is 2.41. The largest absolute Gasteiger partial charge is 0.507 e. The van der Waals surface area contributed by atoms with Crippen LogP contribution in [0.3, 0.4) is 0 Å². The van der Waals surface area contributed by atoms with Gasteiger partial charge in [0.25, 0.3) is 0 Å². The molecule has 2 nitrogen and oxygen atoms in total. The Morgan fingerprint density at radius 1 is 1.19 bits per heavy atom. The lowest BCUT2D eigenvalue weighted by molar-refractivity contribution is 0.150. The molecule has 0 aliphatic rings. The van der Waals surface area contributed by atoms with Gasteiger partial charge in [0, 0.05) is 11.6 Å². The Morgan fingerprint density at radius 2 is 1.75 bits per heavy atom. The minimum absolute atomic E-state index is 0.0920. The molecule has 16 heavy (non-hydrogen) atoms. The molecule has 0 saturated carbocycles. The van der Waals surface area contributed by atoms with Gasteiger partial charge < -0.3 is 10.0 Å². The zero-order valence-electron chi connectivity index (χ0n) is 11.2. The van der Waals surface area contributed by atoms with E-state index in [9.17, 15) is 5.11 Å². The van der Waals surface area contributed by atoms with Crippen molar-refractivity contribution in [2.24, 2.45) is 5.41 Å². The summed E-state index contributed by atoms with van der Waals surface area (Å²) in [6.07, 6.45) is 0. The van der Waals surface area contributed by atoms with Crippen LogP contribution in [0.15, 0.2) is 18.2 Å². The second-order valence-corrected chi connectivity index (χ2v) is 5.74. The van der Waals surface area contributed by atoms with Gasteiger partial charge in [-0.2, -0.15) is 0 Å². The molecule has 1 N–H and O–H groups in total. The summed E-state index contributed by atoms with van der Waals surface area (Å²) in [4.78, 5) is 2.16. The van der Waals surface area contributed by atoms with Crippen LogP contribution in [0.25, 0.3) is 0 Å². The van der Waals surface area contributed by atoms with Crippen molar-refractivity contribution in [2.45, 2.75) is 33.7 Å². The summed E-state index contributed by atoms with van der Waals surface area (Å²) in [5.41, 5.74) is 2.04. The lowest BCUT2D eigenvalue weighted by Crippen LogP contribution is -2.31. The van der Waals surface area contributed by atoms with Crippen molar-refractivity contribution in [2.75, 3.05) is 14.1 Å². The number of nitrogens with zero attached hydrogens (tertiary/aromatic N) is 1. The van der Waals surface area contributed by atoms with Crippen molar-refractivity contribution in [3.8, 4) is 5.75 Å². The van der Waals surface area contributed by atoms with Crippen molar-refractivity contribution in [1.82, 2.24) is 4.90 Å². The van der Waals surface area contributed by atoms with Crippen LogP contribution in [0, 0.1) is 12.3 Å². The van der Waals surface area contributed by atoms with E-state index in [1.807, 2.05) is 25.1 Å². The second-order valence-electron chi connectivity index (χ2n) is 5.74. The van der Waals surface area contributed by atoms with Crippen LogP contribution < -0.4 is 0 Å². The zero-order valence-corrected chi connectivity index (χ0v) is 11.2. The summed E-state index contributed by atoms with van der Waals surface area (Å²) in [6.45, 7) is 8.52. The smallest absolute Gasteiger partial charge is 0.123 e. The zero-order chi connectivity index (χ0) is 12.5. The van der Waals surface area contributed by atoms with Gasteiger partial charge in [-0.3, -0.25) is 0 Å². The predicted octanol–water partition coefficient (Wildman–Crippen LogP) is 3.35. The standard InChI is InChI=1S/C14H23NO/c1-10-8-7-9-11(12(10)16)13(15(5)6)14(2,3)4/h7-9,13,16H,1-6H3. The average Bonchev–Trinajstić information content (AvgIpc) is 2.09. The van der Waals surface area contributed by atoms with Gasteiger partial charge in [-0.1, -0.05) is 39.0 Å². The van der Waals surface area contributed by atoms with Crippen molar-refractivity contribution in [3.63, 3.8) is 0 Å². The summed E-state index contributed by atoms with van der Waals surface area (Å²) >= 11 is 0. The molecular weight excluding hydrogens is 198 g/mol. The van der Waals surface area contributed by atoms with E-state index in [1.54, 1.807) is 0 Å². The fourth-order valence-electron chi connectivity index (χ4n) is 2.42. The van der Waals surface area contributed by atoms with Crippen LogP contribution in [-0.4, -0.2) is 24.1 Å². The summed E-state index contributed by atoms with van der Waals surface area (Å²) in [5, 5.41) is 10.2. The number of rotatable bonds is 2. The number of hydrogen-bond acceptors (Lipinski definition) is 2. The summed E-state index contributed by atoms with van der Waals surface area (Å²) in [6, 6.07) is 6.17. The van der Waals surface area contributed by atoms with Crippen LogP contribution in [0.4, 0.5) is 0 Å². The molecule has 1 rings (SSSR count). The fourth-order valence-corrected chi connectivity index (χ4v) is 2.42. The maximum atomic E-state index is 10.2. The fraction of sp³-hybridized carbons (Fsp3) is 0.571. The van der Waals surface area contributed by atoms with Crippen LogP contribution in [0.5, 0.6) is 5.75 Å². The normalized spacial score (nSPS) is 14.2. The third kappa shape index (κ3) is 2.56. The van der Waals surface area contributed by atoms with Crippen molar-refractivity contribution >= 4 is 0 Å². The number of phenols is 1. The van der Waals surface area contributed by atoms with Crippen molar-refractivity contribution < 1.29 is 5.11 Å². The van der Waals surface area contributed by atoms with Gasteiger partial charge in [-0.25, -0.2) is 0 Å². The molecule has 1 aromatic rings. The quantitative estimate of drug-likeness (QED) is 0.828. The van der Waals surface area contributed by atoms with Gasteiger partial charge in [0.1, 0.15) is 5.75 Å². The summed E-state index contributed by atoms with van der Waals surface area (Å²) in [7, 11) is 4.11. The lowest BCUT2D eigenvalue weighted by Gasteiger charge is -2.37. The molecule has 0 heterocycles. The van der Waals surface area contributed by atoms with Gasteiger partial charge >= 0.3 is 0 Å². The van der Waals surface area contributed by atoms with Crippen molar-refractivity contribution in [3.05, 3.63) is 29.3 Å². The van der Waals surface area contributed by atoms with Crippen LogP contribution in [-0.2, 0) is 0 Å². The van der Waals surface area contributed by atoms with Gasteiger partial charge in [0.2, 0.25) is 0 Å². The van der Waals surface area contributed by atoms with E-state index < -0.39 is 0 Å². The molecule has 1 unspecified atom stereocenters. The number of phenolic OH excluding ortho intramolecular Hbond substituents is 1. The molecule has 1 atom stereocenters. The molecule has 0 fully saturated rings. The van der Waals surface area contributed by atoms with Gasteiger partial charge in [0.05, 0.1) is 0 Å². The molecule has 0 amide bonds. The Balaban J connectivity index is 3.28. The first-order valence-electron chi connectivity index (χ1n) is 5.70. The molecule has 0 spiro atoms. The van der Waals surface area contributed by atoms with Gasteiger partial charge in [-0.05, 0) is 32.0 Å². The first-order valence-corrected chi connectivity index (χ1v) is 5.70. The highest BCUT2D eigenvalue weighted by atomic mass is 16.3. The van der Waals surface area contributed by atoms with Crippen LogP contribution in [0.2, 0.25) is 0 Å². The number of hydrogen-bond donors (Lipinski definition) is 1. The maximum Gasteiger partial charge on any atom is 0.123 e. The van der Waals surface area contributed by atoms with Crippen LogP contribution in [0.1, 0.15) is 37.9 Å². The summed E-state index contributed by atoms with van der Waals surface area (Å²) < 4.78 is 0. The SMILES string of the molecule is Cc1cccc(C(N(C)C)C(C)(C)C)c1O. The molecule has 90 valence electrons. The molecule has 0 radical (unpaired) electrons. The van der Waals surface area contributed by atoms with E-state index in [2.05, 4.69) is 39.8 Å². The molecule has 0 saturated heterocycles. The summed E-state index contributed by atoms with van der Waals surface area (Å²) in [5.74, 6) is 0.427. The number of aromatic hydroxyl groups is 1. The lowest BCUT2D eigenvalue weighted by atomic mass is 9.81. The topological polar surface area (TPSA) is 23.5 Å². The van der Waals surface area contributed by atoms with Gasteiger partial charge in [-0.15, -0.1) is 0 Å². The Hall–Kier alpha value is -1.02. The van der Waals surface area contributed by atoms with Crippen LogP contribution >= 0.6 is 0 Å². The molecule has 1 aromatic carbocycles. The van der Waals surface area contributed by atoms with E-state index >= 15 is 0 Å². The maximum absolute atomic E-state index is 10.2. The second kappa shape index (κ2) is 4.46. The van der Waals surface area contributed by atoms with E-state index in [4.69, 9.17) is 0 Å². The average molecular weight is 221 g/mol. The van der Waals surface area contributed by atoms with E-state index in [0.29, 0.717) is 5.75 Å². The number of para-hydroxylation sites is 1. The molecule has 0 aliphatic carbocycles. The third-order valence-corrected chi connectivity index (χ3v) is 2.90. The monoisotopic (exact) mass is 221 g/mol. The van der Waals surface area contributed by atoms with E-state index in [1.165, 1.54) is 0 Å². The molecule has 0 bridgehead atoms. The van der Waals surface area contributed by atoms with Crippen molar-refractivity contribution in [1.29, 1.82) is 0 Å². The predicted molar refractivity (Wildman–Crippen MR) is 68.7 cm³/mol. The Labute approximate surface area is 98.9 Å². The highest BCUT2D eigenvalue weighted by molar-refractivity contribution is 5.42. The Kier molecular flexibility index (Phi) is 3.64.